The summed E-state index contributed by atoms with van der Waals surface area (Å²) in [4.78, 5) is 12.1. The van der Waals surface area contributed by atoms with Crippen LogP contribution in [-0.2, 0) is 5.60 Å². The molecule has 2 N–H and O–H groups in total. The molecule has 23 heavy (non-hydrogen) atoms. The van der Waals surface area contributed by atoms with Crippen LogP contribution in [0, 0.1) is 5.82 Å². The fourth-order valence-corrected chi connectivity index (χ4v) is 2.13. The van der Waals surface area contributed by atoms with E-state index in [0.29, 0.717) is 23.5 Å². The summed E-state index contributed by atoms with van der Waals surface area (Å²) in [6.45, 7) is 4.04. The molecule has 2 aromatic rings. The first kappa shape index (κ1) is 17.0. The minimum absolute atomic E-state index is 0.0185. The Bertz CT molecular complexity index is 651. The molecule has 0 heterocycles. The molecule has 5 heteroatoms. The van der Waals surface area contributed by atoms with Crippen LogP contribution in [0.4, 0.5) is 4.39 Å². The zero-order valence-corrected chi connectivity index (χ0v) is 13.2. The second kappa shape index (κ2) is 7.24. The molecule has 2 aromatic carbocycles. The Kier molecular flexibility index (Phi) is 5.34. The summed E-state index contributed by atoms with van der Waals surface area (Å²) in [5, 5.41) is 13.1. The molecule has 0 radical (unpaired) electrons. The first-order chi connectivity index (χ1) is 10.9. The first-order valence-electron chi connectivity index (χ1n) is 7.42. The first-order valence-corrected chi connectivity index (χ1v) is 7.42. The Balaban J connectivity index is 1.98. The molecule has 2 rings (SSSR count). The van der Waals surface area contributed by atoms with Gasteiger partial charge in [-0.05, 0) is 55.8 Å². The molecule has 4 nitrogen and oxygen atoms in total. The maximum Gasteiger partial charge on any atom is 0.251 e. The molecule has 0 aliphatic carbocycles. The molecule has 0 fully saturated rings. The van der Waals surface area contributed by atoms with Crippen molar-refractivity contribution in [3.05, 3.63) is 65.5 Å². The normalized spacial score (nSPS) is 13.2. The molecule has 1 atom stereocenters. The number of hydrogen-bond acceptors (Lipinski definition) is 3. The average Bonchev–Trinajstić information content (AvgIpc) is 2.54. The van der Waals surface area contributed by atoms with E-state index in [0.717, 1.165) is 0 Å². The molecule has 0 aliphatic heterocycles. The van der Waals surface area contributed by atoms with Gasteiger partial charge in [-0.2, -0.15) is 0 Å². The predicted molar refractivity (Wildman–Crippen MR) is 85.9 cm³/mol. The molecule has 122 valence electrons. The Morgan fingerprint density at radius 3 is 2.35 bits per heavy atom. The van der Waals surface area contributed by atoms with Gasteiger partial charge < -0.3 is 15.2 Å². The van der Waals surface area contributed by atoms with Crippen LogP contribution < -0.4 is 10.1 Å². The maximum absolute atomic E-state index is 12.9. The van der Waals surface area contributed by atoms with Crippen LogP contribution in [0.1, 0.15) is 29.8 Å². The second-order valence-corrected chi connectivity index (χ2v) is 5.42. The number of nitrogens with one attached hydrogen (secondary N) is 1. The van der Waals surface area contributed by atoms with Crippen LogP contribution >= 0.6 is 0 Å². The number of ether oxygens (including phenoxy) is 1. The van der Waals surface area contributed by atoms with Crippen molar-refractivity contribution in [2.45, 2.75) is 19.4 Å². The van der Waals surface area contributed by atoms with Gasteiger partial charge in [-0.1, -0.05) is 12.1 Å². The average molecular weight is 317 g/mol. The molecule has 0 aliphatic rings. The monoisotopic (exact) mass is 317 g/mol. The number of amides is 1. The number of aliphatic hydroxyl groups is 1. The highest BCUT2D eigenvalue weighted by Crippen LogP contribution is 2.20. The zero-order chi connectivity index (χ0) is 16.9. The fraction of sp³-hybridized carbons (Fsp3) is 0.278. The minimum Gasteiger partial charge on any atom is -0.494 e. The molecule has 0 saturated heterocycles. The Labute approximate surface area is 134 Å². The summed E-state index contributed by atoms with van der Waals surface area (Å²) < 4.78 is 18.3. The van der Waals surface area contributed by atoms with E-state index in [1.54, 1.807) is 31.2 Å². The quantitative estimate of drug-likeness (QED) is 0.861. The van der Waals surface area contributed by atoms with Gasteiger partial charge in [0.15, 0.2) is 0 Å². The highest BCUT2D eigenvalue weighted by molar-refractivity contribution is 5.94. The number of hydrogen-bond donors (Lipinski definition) is 2. The smallest absolute Gasteiger partial charge is 0.251 e. The van der Waals surface area contributed by atoms with Crippen LogP contribution in [0.5, 0.6) is 5.75 Å². The summed E-state index contributed by atoms with van der Waals surface area (Å²) >= 11 is 0. The Morgan fingerprint density at radius 1 is 1.17 bits per heavy atom. The van der Waals surface area contributed by atoms with E-state index < -0.39 is 5.60 Å². The highest BCUT2D eigenvalue weighted by atomic mass is 19.1. The van der Waals surface area contributed by atoms with Gasteiger partial charge in [-0.3, -0.25) is 4.79 Å². The summed E-state index contributed by atoms with van der Waals surface area (Å²) in [7, 11) is 0. The number of rotatable bonds is 6. The standard InChI is InChI=1S/C18H20FNO3/c1-3-23-16-10-4-13(5-11-16)17(21)20-12-18(2,22)14-6-8-15(19)9-7-14/h4-11,22H,3,12H2,1-2H3,(H,20,21). The molecular formula is C18H20FNO3. The van der Waals surface area contributed by atoms with Gasteiger partial charge in [0.1, 0.15) is 17.2 Å². The molecule has 0 bridgehead atoms. The zero-order valence-electron chi connectivity index (χ0n) is 13.2. The summed E-state index contributed by atoms with van der Waals surface area (Å²) in [6.07, 6.45) is 0. The van der Waals surface area contributed by atoms with Crippen LogP contribution in [0.25, 0.3) is 0 Å². The maximum atomic E-state index is 12.9. The third kappa shape index (κ3) is 4.53. The lowest BCUT2D eigenvalue weighted by Gasteiger charge is -2.24. The van der Waals surface area contributed by atoms with Crippen molar-refractivity contribution in [2.24, 2.45) is 0 Å². The van der Waals surface area contributed by atoms with Crippen LogP contribution in [0.2, 0.25) is 0 Å². The third-order valence-corrected chi connectivity index (χ3v) is 3.49. The van der Waals surface area contributed by atoms with E-state index in [4.69, 9.17) is 4.74 Å². The van der Waals surface area contributed by atoms with Crippen molar-refractivity contribution in [3.63, 3.8) is 0 Å². The summed E-state index contributed by atoms with van der Waals surface area (Å²) in [5.41, 5.74) is -0.275. The molecular weight excluding hydrogens is 297 g/mol. The van der Waals surface area contributed by atoms with E-state index in [1.807, 2.05) is 6.92 Å². The van der Waals surface area contributed by atoms with Gasteiger partial charge in [0.2, 0.25) is 0 Å². The van der Waals surface area contributed by atoms with Crippen molar-refractivity contribution in [3.8, 4) is 5.75 Å². The topological polar surface area (TPSA) is 58.6 Å². The molecule has 0 aromatic heterocycles. The van der Waals surface area contributed by atoms with Crippen LogP contribution in [0.3, 0.4) is 0 Å². The van der Waals surface area contributed by atoms with E-state index in [2.05, 4.69) is 5.32 Å². The lowest BCUT2D eigenvalue weighted by molar-refractivity contribution is 0.0526. The van der Waals surface area contributed by atoms with Gasteiger partial charge in [0.25, 0.3) is 5.91 Å². The van der Waals surface area contributed by atoms with Crippen LogP contribution in [0.15, 0.2) is 48.5 Å². The number of halogens is 1. The third-order valence-electron chi connectivity index (χ3n) is 3.49. The van der Waals surface area contributed by atoms with E-state index >= 15 is 0 Å². The molecule has 1 unspecified atom stereocenters. The van der Waals surface area contributed by atoms with Crippen molar-refractivity contribution in [1.82, 2.24) is 5.32 Å². The van der Waals surface area contributed by atoms with Gasteiger partial charge in [-0.15, -0.1) is 0 Å². The van der Waals surface area contributed by atoms with Crippen molar-refractivity contribution >= 4 is 5.91 Å². The van der Waals surface area contributed by atoms with Crippen LogP contribution in [-0.4, -0.2) is 24.2 Å². The number of carbonyl (C=O) groups excluding carboxylic acids is 1. The molecule has 0 saturated carbocycles. The van der Waals surface area contributed by atoms with Gasteiger partial charge >= 0.3 is 0 Å². The lowest BCUT2D eigenvalue weighted by atomic mass is 9.96. The predicted octanol–water partition coefficient (Wildman–Crippen LogP) is 2.86. The van der Waals surface area contributed by atoms with Gasteiger partial charge in [0.05, 0.1) is 13.2 Å². The van der Waals surface area contributed by atoms with Gasteiger partial charge in [0, 0.05) is 5.56 Å². The number of carbonyl (C=O) groups is 1. The van der Waals surface area contributed by atoms with Crippen molar-refractivity contribution < 1.29 is 19.0 Å². The van der Waals surface area contributed by atoms with E-state index in [1.165, 1.54) is 24.3 Å². The van der Waals surface area contributed by atoms with Crippen molar-refractivity contribution in [1.29, 1.82) is 0 Å². The Morgan fingerprint density at radius 2 is 1.78 bits per heavy atom. The van der Waals surface area contributed by atoms with Crippen molar-refractivity contribution in [2.75, 3.05) is 13.2 Å². The molecule has 1 amide bonds. The fourth-order valence-electron chi connectivity index (χ4n) is 2.13. The number of benzene rings is 2. The Hall–Kier alpha value is -2.40. The highest BCUT2D eigenvalue weighted by Gasteiger charge is 2.24. The SMILES string of the molecule is CCOc1ccc(C(=O)NCC(C)(O)c2ccc(F)cc2)cc1. The summed E-state index contributed by atoms with van der Waals surface area (Å²) in [5.74, 6) is 0.0285. The summed E-state index contributed by atoms with van der Waals surface area (Å²) in [6, 6.07) is 12.3. The second-order valence-electron chi connectivity index (χ2n) is 5.42. The lowest BCUT2D eigenvalue weighted by Crippen LogP contribution is -2.38. The molecule has 0 spiro atoms. The van der Waals surface area contributed by atoms with Gasteiger partial charge in [-0.25, -0.2) is 4.39 Å². The van der Waals surface area contributed by atoms with E-state index in [9.17, 15) is 14.3 Å². The minimum atomic E-state index is -1.28. The largest absolute Gasteiger partial charge is 0.494 e. The van der Waals surface area contributed by atoms with E-state index in [-0.39, 0.29) is 18.3 Å².